The zero-order chi connectivity index (χ0) is 10.0. The molecule has 1 aliphatic rings. The maximum absolute atomic E-state index is 3.82. The second-order valence-electron chi connectivity index (χ2n) is 3.03. The predicted octanol–water partition coefficient (Wildman–Crippen LogP) is 4.62. The Kier molecular flexibility index (Phi) is 3.63. The first kappa shape index (κ1) is 10.9. The van der Waals surface area contributed by atoms with Crippen molar-refractivity contribution in [3.8, 4) is 0 Å². The summed E-state index contributed by atoms with van der Waals surface area (Å²) in [4.78, 5) is 2.69. The van der Waals surface area contributed by atoms with Crippen LogP contribution >= 0.6 is 27.7 Å². The number of hydrogen-bond acceptors (Lipinski definition) is 1. The number of rotatable bonds is 2. The minimum absolute atomic E-state index is 0.469. The Balaban J connectivity index is 2.94. The lowest BCUT2D eigenvalue weighted by Gasteiger charge is -2.05. The summed E-state index contributed by atoms with van der Waals surface area (Å²) in [6.07, 6.45) is 4.03. The molecule has 1 rings (SSSR count). The van der Waals surface area contributed by atoms with Crippen LogP contribution in [0.2, 0.25) is 0 Å². The Labute approximate surface area is 92.6 Å². The quantitative estimate of drug-likeness (QED) is 0.695. The van der Waals surface area contributed by atoms with Crippen LogP contribution in [-0.4, -0.2) is 0 Å². The summed E-state index contributed by atoms with van der Waals surface area (Å²) >= 11 is 5.16. The molecule has 0 bridgehead atoms. The van der Waals surface area contributed by atoms with E-state index in [9.17, 15) is 0 Å². The maximum atomic E-state index is 3.82. The van der Waals surface area contributed by atoms with E-state index in [2.05, 4.69) is 49.0 Å². The van der Waals surface area contributed by atoms with Gasteiger partial charge in [0.15, 0.2) is 0 Å². The number of allylic oxidation sites excluding steroid dienone is 6. The molecule has 1 atom stereocenters. The molecule has 70 valence electrons. The first-order valence-electron chi connectivity index (χ1n) is 4.13. The molecule has 0 fully saturated rings. The first-order chi connectivity index (χ1) is 6.06. The Bertz CT molecular complexity index is 310. The van der Waals surface area contributed by atoms with Crippen molar-refractivity contribution in [1.82, 2.24) is 0 Å². The van der Waals surface area contributed by atoms with Gasteiger partial charge in [0.05, 0.1) is 0 Å². The van der Waals surface area contributed by atoms with Crippen molar-refractivity contribution in [3.05, 3.63) is 45.2 Å². The number of thioether (sulfide) groups is 1. The molecule has 0 amide bonds. The highest BCUT2D eigenvalue weighted by Gasteiger charge is 2.22. The topological polar surface area (TPSA) is 0 Å². The smallest absolute Gasteiger partial charge is 0.0132 e. The molecule has 1 aliphatic heterocycles. The van der Waals surface area contributed by atoms with Gasteiger partial charge in [0, 0.05) is 10.4 Å². The van der Waals surface area contributed by atoms with Crippen molar-refractivity contribution >= 4 is 27.7 Å². The molecule has 0 spiro atoms. The summed E-state index contributed by atoms with van der Waals surface area (Å²) in [5.41, 5.74) is 1.34. The minimum atomic E-state index is 0.469. The SMILES string of the molecule is C=CC1=C(C)S/C(=C/C(=C)Br)[C@@H]1C. The van der Waals surface area contributed by atoms with E-state index in [1.165, 1.54) is 15.4 Å². The van der Waals surface area contributed by atoms with Gasteiger partial charge in [-0.1, -0.05) is 53.8 Å². The van der Waals surface area contributed by atoms with Gasteiger partial charge in [0.1, 0.15) is 0 Å². The third-order valence-electron chi connectivity index (χ3n) is 2.09. The summed E-state index contributed by atoms with van der Waals surface area (Å²) in [6.45, 7) is 12.0. The fourth-order valence-electron chi connectivity index (χ4n) is 1.41. The van der Waals surface area contributed by atoms with E-state index in [0.29, 0.717) is 5.92 Å². The second kappa shape index (κ2) is 4.34. The number of hydrogen-bond donors (Lipinski definition) is 0. The van der Waals surface area contributed by atoms with Crippen LogP contribution in [0.1, 0.15) is 13.8 Å². The molecule has 2 heteroatoms. The van der Waals surface area contributed by atoms with Crippen molar-refractivity contribution in [2.75, 3.05) is 0 Å². The predicted molar refractivity (Wildman–Crippen MR) is 65.8 cm³/mol. The molecule has 0 aromatic carbocycles. The molecular weight excluding hydrogens is 244 g/mol. The summed E-state index contributed by atoms with van der Waals surface area (Å²) in [6, 6.07) is 0. The van der Waals surface area contributed by atoms with Crippen LogP contribution in [0.3, 0.4) is 0 Å². The van der Waals surface area contributed by atoms with Gasteiger partial charge >= 0.3 is 0 Å². The Morgan fingerprint density at radius 1 is 1.62 bits per heavy atom. The van der Waals surface area contributed by atoms with E-state index in [1.807, 2.05) is 17.8 Å². The first-order valence-corrected chi connectivity index (χ1v) is 5.74. The highest BCUT2D eigenvalue weighted by Crippen LogP contribution is 2.45. The zero-order valence-electron chi connectivity index (χ0n) is 7.93. The Hall–Kier alpha value is -0.210. The van der Waals surface area contributed by atoms with Crippen LogP contribution in [-0.2, 0) is 0 Å². The Morgan fingerprint density at radius 2 is 2.23 bits per heavy atom. The van der Waals surface area contributed by atoms with Gasteiger partial charge in [0.2, 0.25) is 0 Å². The van der Waals surface area contributed by atoms with Crippen LogP contribution in [0.15, 0.2) is 45.2 Å². The second-order valence-corrected chi connectivity index (χ2v) is 5.34. The monoisotopic (exact) mass is 256 g/mol. The minimum Gasteiger partial charge on any atom is -0.0987 e. The highest BCUT2D eigenvalue weighted by molar-refractivity contribution is 9.11. The summed E-state index contributed by atoms with van der Waals surface area (Å²) in [5.74, 6) is 0.469. The van der Waals surface area contributed by atoms with E-state index in [-0.39, 0.29) is 0 Å². The van der Waals surface area contributed by atoms with Crippen molar-refractivity contribution in [1.29, 1.82) is 0 Å². The summed E-state index contributed by atoms with van der Waals surface area (Å²) in [5, 5.41) is 0. The Morgan fingerprint density at radius 3 is 2.62 bits per heavy atom. The zero-order valence-corrected chi connectivity index (χ0v) is 10.3. The van der Waals surface area contributed by atoms with E-state index >= 15 is 0 Å². The lowest BCUT2D eigenvalue weighted by molar-refractivity contribution is 0.884. The molecule has 0 saturated heterocycles. The van der Waals surface area contributed by atoms with E-state index < -0.39 is 0 Å². The van der Waals surface area contributed by atoms with Crippen LogP contribution in [0, 0.1) is 5.92 Å². The van der Waals surface area contributed by atoms with Crippen LogP contribution in [0.25, 0.3) is 0 Å². The van der Waals surface area contributed by atoms with Gasteiger partial charge in [-0.25, -0.2) is 0 Å². The molecular formula is C11H13BrS. The van der Waals surface area contributed by atoms with Crippen molar-refractivity contribution in [3.63, 3.8) is 0 Å². The average molecular weight is 257 g/mol. The van der Waals surface area contributed by atoms with Gasteiger partial charge in [0.25, 0.3) is 0 Å². The average Bonchev–Trinajstić information content (AvgIpc) is 2.26. The van der Waals surface area contributed by atoms with E-state index in [4.69, 9.17) is 0 Å². The fraction of sp³-hybridized carbons (Fsp3) is 0.273. The van der Waals surface area contributed by atoms with Gasteiger partial charge < -0.3 is 0 Å². The van der Waals surface area contributed by atoms with Crippen LogP contribution in [0.4, 0.5) is 0 Å². The van der Waals surface area contributed by atoms with Crippen LogP contribution < -0.4 is 0 Å². The van der Waals surface area contributed by atoms with Crippen molar-refractivity contribution < 1.29 is 0 Å². The third kappa shape index (κ3) is 2.38. The van der Waals surface area contributed by atoms with Gasteiger partial charge in [-0.2, -0.15) is 0 Å². The maximum Gasteiger partial charge on any atom is 0.0132 e. The number of halogens is 1. The summed E-state index contributed by atoms with van der Waals surface area (Å²) in [7, 11) is 0. The van der Waals surface area contributed by atoms with Gasteiger partial charge in [-0.05, 0) is 28.4 Å². The summed E-state index contributed by atoms with van der Waals surface area (Å²) < 4.78 is 0.931. The molecule has 0 unspecified atom stereocenters. The van der Waals surface area contributed by atoms with E-state index in [1.54, 1.807) is 0 Å². The largest absolute Gasteiger partial charge is 0.0987 e. The molecule has 0 aromatic heterocycles. The van der Waals surface area contributed by atoms with Crippen LogP contribution in [0.5, 0.6) is 0 Å². The molecule has 0 aliphatic carbocycles. The van der Waals surface area contributed by atoms with Crippen molar-refractivity contribution in [2.45, 2.75) is 13.8 Å². The lowest BCUT2D eigenvalue weighted by atomic mass is 10.0. The van der Waals surface area contributed by atoms with E-state index in [0.717, 1.165) is 4.48 Å². The van der Waals surface area contributed by atoms with Crippen molar-refractivity contribution in [2.24, 2.45) is 5.92 Å². The fourth-order valence-corrected chi connectivity index (χ4v) is 3.05. The molecule has 0 nitrogen and oxygen atoms in total. The normalized spacial score (nSPS) is 25.5. The molecule has 0 radical (unpaired) electrons. The highest BCUT2D eigenvalue weighted by atomic mass is 79.9. The standard InChI is InChI=1S/C11H13BrS/c1-5-10-8(3)11(6-7(2)12)13-9(10)4/h5-6,8H,1-2H2,3-4H3/b11-6+/t8-/m1/s1. The molecule has 0 saturated carbocycles. The third-order valence-corrected chi connectivity index (χ3v) is 3.57. The molecule has 1 heterocycles. The molecule has 13 heavy (non-hydrogen) atoms. The van der Waals surface area contributed by atoms with Gasteiger partial charge in [-0.15, -0.1) is 0 Å². The van der Waals surface area contributed by atoms with Gasteiger partial charge in [-0.3, -0.25) is 0 Å². The molecule has 0 N–H and O–H groups in total. The molecule has 0 aromatic rings. The lowest BCUT2D eigenvalue weighted by Crippen LogP contribution is -1.92.